The third kappa shape index (κ3) is 4.54. The third-order valence-electron chi connectivity index (χ3n) is 4.92. The maximum Gasteiger partial charge on any atom is 0.255 e. The maximum atomic E-state index is 12.8. The Labute approximate surface area is 166 Å². The number of benzene rings is 2. The van der Waals surface area contributed by atoms with Gasteiger partial charge in [0.2, 0.25) is 10.0 Å². The van der Waals surface area contributed by atoms with Gasteiger partial charge in [-0.15, -0.1) is 0 Å². The van der Waals surface area contributed by atoms with Crippen molar-refractivity contribution >= 4 is 21.6 Å². The lowest BCUT2D eigenvalue weighted by molar-refractivity contribution is 0.102. The summed E-state index contributed by atoms with van der Waals surface area (Å²) in [7, 11) is -1.98. The molecule has 1 fully saturated rings. The number of anilines is 1. The summed E-state index contributed by atoms with van der Waals surface area (Å²) >= 11 is 0. The quantitative estimate of drug-likeness (QED) is 0.825. The molecule has 0 saturated carbocycles. The van der Waals surface area contributed by atoms with Crippen molar-refractivity contribution in [2.45, 2.75) is 37.5 Å². The lowest BCUT2D eigenvalue weighted by Crippen LogP contribution is -2.31. The largest absolute Gasteiger partial charge is 0.495 e. The van der Waals surface area contributed by atoms with E-state index in [2.05, 4.69) is 5.32 Å². The van der Waals surface area contributed by atoms with Crippen LogP contribution in [0.5, 0.6) is 5.75 Å². The summed E-state index contributed by atoms with van der Waals surface area (Å²) in [6, 6.07) is 11.6. The highest BCUT2D eigenvalue weighted by molar-refractivity contribution is 7.89. The number of hydrogen-bond acceptors (Lipinski definition) is 4. The van der Waals surface area contributed by atoms with Crippen LogP contribution in [0.4, 0.5) is 5.69 Å². The molecule has 0 bridgehead atoms. The van der Waals surface area contributed by atoms with E-state index in [1.165, 1.54) is 12.1 Å². The number of carbonyl (C=O) groups excluding carboxylic acids is 1. The summed E-state index contributed by atoms with van der Waals surface area (Å²) in [5.74, 6) is 0.252. The fourth-order valence-electron chi connectivity index (χ4n) is 3.32. The van der Waals surface area contributed by atoms with Gasteiger partial charge in [0.25, 0.3) is 5.91 Å². The molecule has 1 saturated heterocycles. The van der Waals surface area contributed by atoms with E-state index in [1.807, 2.05) is 19.1 Å². The number of nitrogens with one attached hydrogen (secondary N) is 1. The number of carbonyl (C=O) groups is 1. The van der Waals surface area contributed by atoms with E-state index >= 15 is 0 Å². The van der Waals surface area contributed by atoms with E-state index in [-0.39, 0.29) is 10.8 Å². The molecule has 150 valence electrons. The summed E-state index contributed by atoms with van der Waals surface area (Å²) in [5.41, 5.74) is 1.96. The molecule has 2 aromatic rings. The van der Waals surface area contributed by atoms with Crippen LogP contribution in [-0.2, 0) is 10.0 Å². The van der Waals surface area contributed by atoms with Crippen molar-refractivity contribution in [3.8, 4) is 5.75 Å². The molecule has 1 heterocycles. The summed E-state index contributed by atoms with van der Waals surface area (Å²) in [4.78, 5) is 12.8. The van der Waals surface area contributed by atoms with Crippen molar-refractivity contribution in [1.29, 1.82) is 0 Å². The van der Waals surface area contributed by atoms with E-state index < -0.39 is 10.0 Å². The monoisotopic (exact) mass is 402 g/mol. The van der Waals surface area contributed by atoms with Crippen LogP contribution in [0.25, 0.3) is 0 Å². The van der Waals surface area contributed by atoms with Crippen molar-refractivity contribution in [3.05, 3.63) is 53.6 Å². The molecule has 0 atom stereocenters. The van der Waals surface area contributed by atoms with Crippen LogP contribution in [-0.4, -0.2) is 38.8 Å². The third-order valence-corrected chi connectivity index (χ3v) is 6.84. The van der Waals surface area contributed by atoms with Gasteiger partial charge < -0.3 is 10.1 Å². The van der Waals surface area contributed by atoms with Crippen LogP contribution in [0.3, 0.4) is 0 Å². The van der Waals surface area contributed by atoms with Gasteiger partial charge in [0, 0.05) is 18.7 Å². The molecule has 0 aromatic heterocycles. The number of aryl methyl sites for hydroxylation is 1. The molecule has 0 unspecified atom stereocenters. The standard InChI is InChI=1S/C21H26N2O4S/c1-16-7-12-20(27-2)19(15-16)22-21(24)17-8-10-18(11-9-17)28(25,26)23-13-5-3-4-6-14-23/h7-12,15H,3-6,13-14H2,1-2H3,(H,22,24). The second-order valence-electron chi connectivity index (χ2n) is 7.00. The van der Waals surface area contributed by atoms with Crippen LogP contribution in [0, 0.1) is 6.92 Å². The molecule has 28 heavy (non-hydrogen) atoms. The van der Waals surface area contributed by atoms with Gasteiger partial charge in [-0.2, -0.15) is 4.31 Å². The molecule has 0 aliphatic carbocycles. The van der Waals surface area contributed by atoms with Crippen molar-refractivity contribution in [3.63, 3.8) is 0 Å². The van der Waals surface area contributed by atoms with Gasteiger partial charge in [-0.1, -0.05) is 18.9 Å². The van der Waals surface area contributed by atoms with Gasteiger partial charge >= 0.3 is 0 Å². The second-order valence-corrected chi connectivity index (χ2v) is 8.94. The fourth-order valence-corrected chi connectivity index (χ4v) is 4.84. The first-order chi connectivity index (χ1) is 13.4. The first kappa shape index (κ1) is 20.4. The maximum absolute atomic E-state index is 12.8. The topological polar surface area (TPSA) is 75.7 Å². The predicted molar refractivity (Wildman–Crippen MR) is 109 cm³/mol. The Kier molecular flexibility index (Phi) is 6.36. The average Bonchev–Trinajstić information content (AvgIpc) is 2.98. The van der Waals surface area contributed by atoms with E-state index in [0.717, 1.165) is 31.2 Å². The number of hydrogen-bond donors (Lipinski definition) is 1. The second kappa shape index (κ2) is 8.75. The molecular weight excluding hydrogens is 376 g/mol. The van der Waals surface area contributed by atoms with Crippen LogP contribution in [0.2, 0.25) is 0 Å². The number of ether oxygens (including phenoxy) is 1. The zero-order valence-electron chi connectivity index (χ0n) is 16.3. The summed E-state index contributed by atoms with van der Waals surface area (Å²) in [5, 5.41) is 2.82. The lowest BCUT2D eigenvalue weighted by atomic mass is 10.1. The normalized spacial score (nSPS) is 15.6. The van der Waals surface area contributed by atoms with Gasteiger partial charge in [-0.25, -0.2) is 8.42 Å². The summed E-state index contributed by atoms with van der Waals surface area (Å²) < 4.78 is 32.5. The SMILES string of the molecule is COc1ccc(C)cc1NC(=O)c1ccc(S(=O)(=O)N2CCCCCC2)cc1. The van der Waals surface area contributed by atoms with Gasteiger partial charge in [0.1, 0.15) is 5.75 Å². The van der Waals surface area contributed by atoms with Crippen molar-refractivity contribution in [1.82, 2.24) is 4.31 Å². The molecule has 1 amide bonds. The van der Waals surface area contributed by atoms with Crippen molar-refractivity contribution in [2.75, 3.05) is 25.5 Å². The zero-order valence-corrected chi connectivity index (χ0v) is 17.1. The van der Waals surface area contributed by atoms with E-state index in [9.17, 15) is 13.2 Å². The average molecular weight is 403 g/mol. The van der Waals surface area contributed by atoms with Crippen molar-refractivity contribution in [2.24, 2.45) is 0 Å². The Hall–Kier alpha value is -2.38. The highest BCUT2D eigenvalue weighted by Crippen LogP contribution is 2.26. The molecule has 3 rings (SSSR count). The van der Waals surface area contributed by atoms with Crippen LogP contribution < -0.4 is 10.1 Å². The number of sulfonamides is 1. The number of nitrogens with zero attached hydrogens (tertiary/aromatic N) is 1. The highest BCUT2D eigenvalue weighted by atomic mass is 32.2. The lowest BCUT2D eigenvalue weighted by Gasteiger charge is -2.20. The molecule has 0 radical (unpaired) electrons. The Morgan fingerprint density at radius 3 is 2.25 bits per heavy atom. The Balaban J connectivity index is 1.77. The van der Waals surface area contributed by atoms with E-state index in [4.69, 9.17) is 4.74 Å². The minimum Gasteiger partial charge on any atom is -0.495 e. The molecule has 1 aliphatic rings. The molecule has 0 spiro atoms. The van der Waals surface area contributed by atoms with E-state index in [0.29, 0.717) is 30.1 Å². The van der Waals surface area contributed by atoms with Crippen LogP contribution in [0.15, 0.2) is 47.4 Å². The first-order valence-corrected chi connectivity index (χ1v) is 10.9. The molecule has 6 nitrogen and oxygen atoms in total. The molecule has 2 aromatic carbocycles. The highest BCUT2D eigenvalue weighted by Gasteiger charge is 2.25. The smallest absolute Gasteiger partial charge is 0.255 e. The van der Waals surface area contributed by atoms with Gasteiger partial charge in [0.05, 0.1) is 17.7 Å². The molecule has 1 N–H and O–H groups in total. The fraction of sp³-hybridized carbons (Fsp3) is 0.381. The zero-order chi connectivity index (χ0) is 20.1. The van der Waals surface area contributed by atoms with Gasteiger partial charge in [-0.05, 0) is 61.7 Å². The molecular formula is C21H26N2O4S. The minimum absolute atomic E-state index is 0.221. The summed E-state index contributed by atoms with van der Waals surface area (Å²) in [6.07, 6.45) is 3.90. The van der Waals surface area contributed by atoms with Crippen LogP contribution >= 0.6 is 0 Å². The van der Waals surface area contributed by atoms with Gasteiger partial charge in [0.15, 0.2) is 0 Å². The molecule has 1 aliphatic heterocycles. The first-order valence-electron chi connectivity index (χ1n) is 9.48. The predicted octanol–water partition coefficient (Wildman–Crippen LogP) is 3.82. The Morgan fingerprint density at radius 2 is 1.64 bits per heavy atom. The molecule has 7 heteroatoms. The number of amides is 1. The van der Waals surface area contributed by atoms with Crippen LogP contribution in [0.1, 0.15) is 41.6 Å². The minimum atomic E-state index is -3.52. The van der Waals surface area contributed by atoms with E-state index in [1.54, 1.807) is 29.6 Å². The Bertz CT molecular complexity index is 931. The van der Waals surface area contributed by atoms with Crippen molar-refractivity contribution < 1.29 is 17.9 Å². The summed E-state index contributed by atoms with van der Waals surface area (Å²) in [6.45, 7) is 3.03. The number of rotatable bonds is 5. The number of methoxy groups -OCH3 is 1. The Morgan fingerprint density at radius 1 is 1.00 bits per heavy atom. The van der Waals surface area contributed by atoms with Gasteiger partial charge in [-0.3, -0.25) is 4.79 Å².